The molecule has 11 heteroatoms. The molecule has 0 unspecified atom stereocenters. The number of pyridine rings is 1. The van der Waals surface area contributed by atoms with Gasteiger partial charge in [-0.25, -0.2) is 13.8 Å². The van der Waals surface area contributed by atoms with Gasteiger partial charge >= 0.3 is 0 Å². The van der Waals surface area contributed by atoms with Gasteiger partial charge in [0.1, 0.15) is 5.69 Å². The van der Waals surface area contributed by atoms with Crippen molar-refractivity contribution in [1.82, 2.24) is 34.7 Å². The quantitative estimate of drug-likeness (QED) is 0.524. The number of halogens is 3. The van der Waals surface area contributed by atoms with Crippen LogP contribution in [-0.2, 0) is 13.1 Å². The largest absolute Gasteiger partial charge is 0.378 e. The fraction of sp³-hybridized carbons (Fsp3) is 0.250. The van der Waals surface area contributed by atoms with E-state index in [1.54, 1.807) is 40.2 Å². The molecular weight excluding hydrogens is 428 g/mol. The van der Waals surface area contributed by atoms with Crippen LogP contribution in [0.4, 0.5) is 8.78 Å². The van der Waals surface area contributed by atoms with Crippen LogP contribution in [0.3, 0.4) is 0 Å². The van der Waals surface area contributed by atoms with E-state index in [-0.39, 0.29) is 18.7 Å². The summed E-state index contributed by atoms with van der Waals surface area (Å²) in [5.41, 5.74) is 1.26. The lowest BCUT2D eigenvalue weighted by atomic mass is 10.2. The Kier molecular flexibility index (Phi) is 6.91. The van der Waals surface area contributed by atoms with E-state index in [4.69, 9.17) is 11.6 Å². The van der Waals surface area contributed by atoms with Crippen molar-refractivity contribution in [3.05, 3.63) is 77.5 Å². The van der Waals surface area contributed by atoms with Crippen molar-refractivity contribution in [2.45, 2.75) is 19.5 Å². The van der Waals surface area contributed by atoms with E-state index < -0.39 is 18.0 Å². The lowest BCUT2D eigenvalue weighted by molar-refractivity contribution is 0.0936. The van der Waals surface area contributed by atoms with Crippen molar-refractivity contribution >= 4 is 23.0 Å². The number of aromatic nitrogens is 4. The molecule has 8 nitrogen and oxygen atoms in total. The molecule has 164 valence electrons. The first-order chi connectivity index (χ1) is 14.8. The zero-order chi connectivity index (χ0) is 22.5. The number of imidazole rings is 1. The maximum absolute atomic E-state index is 13.5. The molecule has 3 aromatic rings. The number of carbonyl (C=O) groups is 1. The van der Waals surface area contributed by atoms with Crippen LogP contribution in [0.2, 0.25) is 5.02 Å². The van der Waals surface area contributed by atoms with Gasteiger partial charge in [0, 0.05) is 37.7 Å². The average Bonchev–Trinajstić information content (AvgIpc) is 3.33. The number of hydrogen-bond acceptors (Lipinski definition) is 5. The summed E-state index contributed by atoms with van der Waals surface area (Å²) in [4.78, 5) is 18.7. The van der Waals surface area contributed by atoms with Gasteiger partial charge in [-0.3, -0.25) is 9.48 Å². The van der Waals surface area contributed by atoms with E-state index >= 15 is 0 Å². The van der Waals surface area contributed by atoms with E-state index in [0.29, 0.717) is 16.2 Å². The molecule has 0 aromatic carbocycles. The van der Waals surface area contributed by atoms with E-state index in [0.717, 1.165) is 5.70 Å². The number of carbonyl (C=O) groups excluding carboxylic acids is 1. The third kappa shape index (κ3) is 5.21. The molecule has 0 aliphatic carbocycles. The van der Waals surface area contributed by atoms with E-state index in [1.165, 1.54) is 17.1 Å². The number of likely N-dealkylation sites (N-methyl/N-ethyl adjacent to an activating group) is 1. The molecule has 0 aliphatic rings. The highest BCUT2D eigenvalue weighted by atomic mass is 35.5. The summed E-state index contributed by atoms with van der Waals surface area (Å²) in [6.07, 6.45) is 4.90. The average molecular weight is 450 g/mol. The van der Waals surface area contributed by atoms with Crippen LogP contribution >= 0.6 is 11.6 Å². The van der Waals surface area contributed by atoms with Gasteiger partial charge in [-0.15, -0.1) is 0 Å². The van der Waals surface area contributed by atoms with Gasteiger partial charge < -0.3 is 19.9 Å². The molecular formula is C20H22ClF2N7O. The Morgan fingerprint density at radius 3 is 2.87 bits per heavy atom. The van der Waals surface area contributed by atoms with Crippen molar-refractivity contribution in [3.8, 4) is 0 Å². The van der Waals surface area contributed by atoms with Gasteiger partial charge in [0.2, 0.25) is 0 Å². The molecule has 0 fully saturated rings. The summed E-state index contributed by atoms with van der Waals surface area (Å²) in [7, 11) is 3.62. The first-order valence-corrected chi connectivity index (χ1v) is 9.66. The van der Waals surface area contributed by atoms with Gasteiger partial charge in [-0.05, 0) is 18.3 Å². The molecule has 0 spiro atoms. The summed E-state index contributed by atoms with van der Waals surface area (Å²) in [6.45, 7) is 3.80. The van der Waals surface area contributed by atoms with Crippen LogP contribution < -0.4 is 10.6 Å². The number of hydrogen-bond donors (Lipinski definition) is 2. The third-order valence-corrected chi connectivity index (χ3v) is 4.74. The first-order valence-electron chi connectivity index (χ1n) is 9.28. The molecule has 0 atom stereocenters. The molecule has 0 radical (unpaired) electrons. The first kappa shape index (κ1) is 22.3. The summed E-state index contributed by atoms with van der Waals surface area (Å²) < 4.78 is 30.1. The van der Waals surface area contributed by atoms with Gasteiger partial charge in [-0.2, -0.15) is 5.10 Å². The van der Waals surface area contributed by atoms with E-state index in [2.05, 4.69) is 27.3 Å². The number of nitrogens with zero attached hydrogens (tertiary/aromatic N) is 5. The molecule has 0 bridgehead atoms. The van der Waals surface area contributed by atoms with Crippen LogP contribution in [0.5, 0.6) is 0 Å². The summed E-state index contributed by atoms with van der Waals surface area (Å²) in [6, 6.07) is 3.42. The highest BCUT2D eigenvalue weighted by molar-refractivity contribution is 6.30. The molecule has 3 heterocycles. The topological polar surface area (TPSA) is 79.5 Å². The van der Waals surface area contributed by atoms with Crippen molar-refractivity contribution in [3.63, 3.8) is 0 Å². The Hall–Kier alpha value is -3.40. The Morgan fingerprint density at radius 2 is 2.19 bits per heavy atom. The Morgan fingerprint density at radius 1 is 1.42 bits per heavy atom. The fourth-order valence-electron chi connectivity index (χ4n) is 2.90. The number of fused-ring (bicyclic) bond motifs is 1. The van der Waals surface area contributed by atoms with Crippen LogP contribution in [0.15, 0.2) is 55.5 Å². The van der Waals surface area contributed by atoms with Crippen molar-refractivity contribution in [2.24, 2.45) is 0 Å². The number of alkyl halides is 2. The zero-order valence-electron chi connectivity index (χ0n) is 17.0. The Bertz CT molecular complexity index is 1120. The SMILES string of the molecule is C=CN/C=C(/Cn1cc(C(=O)NCc2ncn3ccc(Cl)cc23)c(C(F)F)n1)N(C)C. The molecule has 2 N–H and O–H groups in total. The predicted molar refractivity (Wildman–Crippen MR) is 114 cm³/mol. The summed E-state index contributed by atoms with van der Waals surface area (Å²) in [5, 5.41) is 9.92. The normalized spacial score (nSPS) is 11.7. The summed E-state index contributed by atoms with van der Waals surface area (Å²) >= 11 is 6.02. The smallest absolute Gasteiger partial charge is 0.282 e. The van der Waals surface area contributed by atoms with Crippen LogP contribution in [-0.4, -0.2) is 44.1 Å². The van der Waals surface area contributed by atoms with Gasteiger partial charge in [0.25, 0.3) is 12.3 Å². The molecule has 1 amide bonds. The second-order valence-electron chi connectivity index (χ2n) is 6.84. The second kappa shape index (κ2) is 9.61. The lowest BCUT2D eigenvalue weighted by Crippen LogP contribution is -2.24. The summed E-state index contributed by atoms with van der Waals surface area (Å²) in [5.74, 6) is -0.663. The van der Waals surface area contributed by atoms with Crippen LogP contribution in [0.1, 0.15) is 28.2 Å². The molecule has 31 heavy (non-hydrogen) atoms. The van der Waals surface area contributed by atoms with E-state index in [9.17, 15) is 13.6 Å². The molecule has 0 aliphatic heterocycles. The minimum Gasteiger partial charge on any atom is -0.378 e. The maximum Gasteiger partial charge on any atom is 0.282 e. The standard InChI is InChI=1S/C20H22ClF2N7O/c1-4-24-8-14(28(2)3)10-30-11-15(18(27-30)19(22)23)20(31)25-9-16-17-7-13(21)5-6-29(17)12-26-16/h4-8,11-12,19,24H,1,9-10H2,2-3H3,(H,25,31)/b14-8-. The van der Waals surface area contributed by atoms with Crippen molar-refractivity contribution in [1.29, 1.82) is 0 Å². The Balaban J connectivity index is 1.79. The van der Waals surface area contributed by atoms with Crippen molar-refractivity contribution < 1.29 is 13.6 Å². The molecule has 3 rings (SSSR count). The van der Waals surface area contributed by atoms with Crippen LogP contribution in [0.25, 0.3) is 5.52 Å². The molecule has 0 saturated carbocycles. The Labute approximate surface area is 182 Å². The lowest BCUT2D eigenvalue weighted by Gasteiger charge is -2.17. The highest BCUT2D eigenvalue weighted by Gasteiger charge is 2.24. The molecule has 3 aromatic heterocycles. The van der Waals surface area contributed by atoms with Gasteiger partial charge in [0.05, 0.1) is 41.9 Å². The maximum atomic E-state index is 13.5. The number of amides is 1. The third-order valence-electron chi connectivity index (χ3n) is 4.50. The monoisotopic (exact) mass is 449 g/mol. The minimum absolute atomic E-state index is 0.0512. The predicted octanol–water partition coefficient (Wildman–Crippen LogP) is 3.19. The van der Waals surface area contributed by atoms with Gasteiger partial charge in [-0.1, -0.05) is 18.2 Å². The fourth-order valence-corrected chi connectivity index (χ4v) is 3.06. The van der Waals surface area contributed by atoms with E-state index in [1.807, 2.05) is 14.1 Å². The molecule has 0 saturated heterocycles. The zero-order valence-corrected chi connectivity index (χ0v) is 17.8. The number of nitrogens with one attached hydrogen (secondary N) is 2. The second-order valence-corrected chi connectivity index (χ2v) is 7.28. The number of allylic oxidation sites excluding steroid dienone is 1. The van der Waals surface area contributed by atoms with Crippen molar-refractivity contribution in [2.75, 3.05) is 14.1 Å². The van der Waals surface area contributed by atoms with Gasteiger partial charge in [0.15, 0.2) is 0 Å². The number of rotatable bonds is 9. The minimum atomic E-state index is -2.90. The van der Waals surface area contributed by atoms with Crippen LogP contribution in [0, 0.1) is 0 Å². The highest BCUT2D eigenvalue weighted by Crippen LogP contribution is 2.22.